The molecule has 2 aromatic rings. The molecule has 0 radical (unpaired) electrons. The van der Waals surface area contributed by atoms with Gasteiger partial charge in [-0.3, -0.25) is 4.79 Å². The van der Waals surface area contributed by atoms with Crippen LogP contribution in [-0.2, 0) is 17.6 Å². The fourth-order valence-corrected chi connectivity index (χ4v) is 3.72. The van der Waals surface area contributed by atoms with Gasteiger partial charge in [0, 0.05) is 31.5 Å². The molecule has 2 heterocycles. The highest BCUT2D eigenvalue weighted by atomic mass is 35.5. The number of amides is 1. The Morgan fingerprint density at radius 3 is 2.76 bits per heavy atom. The second-order valence-electron chi connectivity index (χ2n) is 6.70. The molecule has 4 nitrogen and oxygen atoms in total. The third-order valence-corrected chi connectivity index (χ3v) is 5.05. The number of likely N-dealkylation sites (tertiary alicyclic amines) is 1. The van der Waals surface area contributed by atoms with Gasteiger partial charge in [-0.25, -0.2) is 0 Å². The Bertz CT molecular complexity index is 751. The lowest BCUT2D eigenvalue weighted by molar-refractivity contribution is -0.129. The zero-order chi connectivity index (χ0) is 16.5. The first-order valence-corrected chi connectivity index (χ1v) is 8.53. The predicted molar refractivity (Wildman–Crippen MR) is 100 cm³/mol. The van der Waals surface area contributed by atoms with E-state index in [0.29, 0.717) is 19.5 Å². The van der Waals surface area contributed by atoms with E-state index >= 15 is 0 Å². The molecule has 2 aliphatic heterocycles. The van der Waals surface area contributed by atoms with Crippen LogP contribution >= 0.6 is 12.4 Å². The summed E-state index contributed by atoms with van der Waals surface area (Å²) in [6, 6.07) is 16.3. The van der Waals surface area contributed by atoms with Gasteiger partial charge in [0.15, 0.2) is 0 Å². The molecular weight excluding hydrogens is 336 g/mol. The second-order valence-corrected chi connectivity index (χ2v) is 6.70. The zero-order valence-electron chi connectivity index (χ0n) is 14.1. The lowest BCUT2D eigenvalue weighted by Crippen LogP contribution is -2.33. The van der Waals surface area contributed by atoms with E-state index in [1.54, 1.807) is 0 Å². The zero-order valence-corrected chi connectivity index (χ0v) is 14.9. The molecule has 1 fully saturated rings. The molecule has 1 amide bonds. The average Bonchev–Trinajstić information content (AvgIpc) is 3.21. The van der Waals surface area contributed by atoms with Crippen LogP contribution in [0.15, 0.2) is 48.5 Å². The molecule has 0 saturated carbocycles. The van der Waals surface area contributed by atoms with E-state index in [4.69, 9.17) is 10.5 Å². The quantitative estimate of drug-likeness (QED) is 0.917. The fraction of sp³-hybridized carbons (Fsp3) is 0.350. The number of hydrogen-bond acceptors (Lipinski definition) is 3. The number of nitrogens with zero attached hydrogens (tertiary/aromatic N) is 1. The minimum Gasteiger partial charge on any atom is -0.493 e. The van der Waals surface area contributed by atoms with Crippen LogP contribution in [0.3, 0.4) is 0 Å². The van der Waals surface area contributed by atoms with E-state index < -0.39 is 0 Å². The summed E-state index contributed by atoms with van der Waals surface area (Å²) in [7, 11) is 0. The maximum Gasteiger partial charge on any atom is 0.227 e. The van der Waals surface area contributed by atoms with Gasteiger partial charge >= 0.3 is 0 Å². The number of hydrogen-bond donors (Lipinski definition) is 1. The first kappa shape index (κ1) is 17.8. The summed E-state index contributed by atoms with van der Waals surface area (Å²) in [6.07, 6.45) is 1.36. The van der Waals surface area contributed by atoms with Crippen molar-refractivity contribution in [3.63, 3.8) is 0 Å². The highest BCUT2D eigenvalue weighted by Gasteiger charge is 2.33. The summed E-state index contributed by atoms with van der Waals surface area (Å²) in [5, 5.41) is 0. The molecule has 5 heteroatoms. The third-order valence-electron chi connectivity index (χ3n) is 5.05. The molecule has 2 aromatic carbocycles. The highest BCUT2D eigenvalue weighted by molar-refractivity contribution is 5.85. The van der Waals surface area contributed by atoms with Crippen LogP contribution in [0.2, 0.25) is 0 Å². The maximum absolute atomic E-state index is 12.7. The summed E-state index contributed by atoms with van der Waals surface area (Å²) in [5.41, 5.74) is 9.78. The maximum atomic E-state index is 12.7. The van der Waals surface area contributed by atoms with E-state index in [9.17, 15) is 4.79 Å². The number of ether oxygens (including phenoxy) is 1. The predicted octanol–water partition coefficient (Wildman–Crippen LogP) is 2.54. The Kier molecular flexibility index (Phi) is 5.30. The van der Waals surface area contributed by atoms with Crippen LogP contribution in [0, 0.1) is 0 Å². The van der Waals surface area contributed by atoms with Gasteiger partial charge in [-0.1, -0.05) is 42.5 Å². The number of carbonyl (C=O) groups excluding carboxylic acids is 1. The standard InChI is InChI=1S/C20H22N2O2.ClH/c21-18-13-22(12-17(18)15-4-2-1-3-5-15)20(23)11-14-6-7-19-16(10-14)8-9-24-19;/h1-7,10,17-18H,8-9,11-13,21H2;1H/t17-,18+;/m0./s1. The van der Waals surface area contributed by atoms with E-state index in [1.807, 2.05) is 35.2 Å². The summed E-state index contributed by atoms with van der Waals surface area (Å²) < 4.78 is 5.52. The highest BCUT2D eigenvalue weighted by Crippen LogP contribution is 2.28. The van der Waals surface area contributed by atoms with Crippen molar-refractivity contribution >= 4 is 18.3 Å². The molecule has 0 spiro atoms. The normalized spacial score (nSPS) is 21.4. The number of halogens is 1. The molecule has 4 rings (SSSR count). The Morgan fingerprint density at radius 1 is 1.16 bits per heavy atom. The van der Waals surface area contributed by atoms with Gasteiger partial charge in [-0.2, -0.15) is 0 Å². The van der Waals surface area contributed by atoms with Crippen LogP contribution in [0.1, 0.15) is 22.6 Å². The van der Waals surface area contributed by atoms with Crippen molar-refractivity contribution < 1.29 is 9.53 Å². The molecule has 2 N–H and O–H groups in total. The molecule has 1 saturated heterocycles. The van der Waals surface area contributed by atoms with E-state index in [-0.39, 0.29) is 30.3 Å². The molecular formula is C20H23ClN2O2. The topological polar surface area (TPSA) is 55.6 Å². The first-order valence-electron chi connectivity index (χ1n) is 8.53. The van der Waals surface area contributed by atoms with Crippen molar-refractivity contribution in [3.05, 3.63) is 65.2 Å². The summed E-state index contributed by atoms with van der Waals surface area (Å²) in [4.78, 5) is 14.6. The van der Waals surface area contributed by atoms with Crippen LogP contribution in [0.5, 0.6) is 5.75 Å². The number of carbonyl (C=O) groups is 1. The van der Waals surface area contributed by atoms with E-state index in [2.05, 4.69) is 18.2 Å². The van der Waals surface area contributed by atoms with Crippen molar-refractivity contribution in [2.45, 2.75) is 24.8 Å². The fourth-order valence-electron chi connectivity index (χ4n) is 3.72. The minimum absolute atomic E-state index is 0. The van der Waals surface area contributed by atoms with Crippen LogP contribution in [0.25, 0.3) is 0 Å². The van der Waals surface area contributed by atoms with Gasteiger partial charge in [-0.15, -0.1) is 12.4 Å². The monoisotopic (exact) mass is 358 g/mol. The Balaban J connectivity index is 0.00000182. The molecule has 0 bridgehead atoms. The largest absolute Gasteiger partial charge is 0.493 e. The number of rotatable bonds is 3. The lowest BCUT2D eigenvalue weighted by atomic mass is 9.95. The van der Waals surface area contributed by atoms with Crippen molar-refractivity contribution in [2.75, 3.05) is 19.7 Å². The molecule has 0 unspecified atom stereocenters. The van der Waals surface area contributed by atoms with Gasteiger partial charge in [0.05, 0.1) is 13.0 Å². The average molecular weight is 359 g/mol. The SMILES string of the molecule is Cl.N[C@@H]1CN(C(=O)Cc2ccc3c(c2)CCO3)C[C@H]1c1ccccc1. The van der Waals surface area contributed by atoms with Gasteiger partial charge in [0.2, 0.25) is 5.91 Å². The van der Waals surface area contributed by atoms with E-state index in [1.165, 1.54) is 11.1 Å². The van der Waals surface area contributed by atoms with Gasteiger partial charge < -0.3 is 15.4 Å². The third kappa shape index (κ3) is 3.65. The molecule has 2 aliphatic rings. The van der Waals surface area contributed by atoms with E-state index in [0.717, 1.165) is 24.3 Å². The van der Waals surface area contributed by atoms with Crippen molar-refractivity contribution in [3.8, 4) is 5.75 Å². The van der Waals surface area contributed by atoms with Crippen LogP contribution < -0.4 is 10.5 Å². The van der Waals surface area contributed by atoms with Crippen molar-refractivity contribution in [1.29, 1.82) is 0 Å². The molecule has 132 valence electrons. The van der Waals surface area contributed by atoms with Gasteiger partial charge in [0.1, 0.15) is 5.75 Å². The Morgan fingerprint density at radius 2 is 1.96 bits per heavy atom. The number of benzene rings is 2. The summed E-state index contributed by atoms with van der Waals surface area (Å²) in [5.74, 6) is 1.34. The second kappa shape index (κ2) is 7.46. The van der Waals surface area contributed by atoms with Crippen LogP contribution in [0.4, 0.5) is 0 Å². The molecule has 0 aliphatic carbocycles. The molecule has 2 atom stereocenters. The first-order chi connectivity index (χ1) is 11.7. The number of fused-ring (bicyclic) bond motifs is 1. The molecule has 25 heavy (non-hydrogen) atoms. The summed E-state index contributed by atoms with van der Waals surface area (Å²) in [6.45, 7) is 2.08. The van der Waals surface area contributed by atoms with Crippen LogP contribution in [-0.4, -0.2) is 36.5 Å². The van der Waals surface area contributed by atoms with Crippen molar-refractivity contribution in [1.82, 2.24) is 4.90 Å². The van der Waals surface area contributed by atoms with Gasteiger partial charge in [0.25, 0.3) is 0 Å². The summed E-state index contributed by atoms with van der Waals surface area (Å²) >= 11 is 0. The van der Waals surface area contributed by atoms with Crippen molar-refractivity contribution in [2.24, 2.45) is 5.73 Å². The number of nitrogens with two attached hydrogens (primary N) is 1. The lowest BCUT2D eigenvalue weighted by Gasteiger charge is -2.17. The van der Waals surface area contributed by atoms with Gasteiger partial charge in [-0.05, 0) is 22.8 Å². The Hall–Kier alpha value is -2.04. The minimum atomic E-state index is 0. The smallest absolute Gasteiger partial charge is 0.227 e. The molecule has 0 aromatic heterocycles. The Labute approximate surface area is 154 Å².